The summed E-state index contributed by atoms with van der Waals surface area (Å²) in [7, 11) is 3.13. The quantitative estimate of drug-likeness (QED) is 0.700. The van der Waals surface area contributed by atoms with Crippen molar-refractivity contribution < 1.29 is 23.8 Å². The maximum atomic E-state index is 11.8. The normalized spacial score (nSPS) is 11.8. The molecular formula is C18H27NO5. The largest absolute Gasteiger partial charge is 0.493 e. The van der Waals surface area contributed by atoms with Gasteiger partial charge in [0.05, 0.1) is 14.2 Å². The van der Waals surface area contributed by atoms with Crippen LogP contribution in [0.15, 0.2) is 18.2 Å². The van der Waals surface area contributed by atoms with Crippen molar-refractivity contribution in [3.8, 4) is 11.5 Å². The molecule has 0 saturated heterocycles. The monoisotopic (exact) mass is 337 g/mol. The second-order valence-electron chi connectivity index (χ2n) is 5.95. The maximum absolute atomic E-state index is 11.8. The van der Waals surface area contributed by atoms with Gasteiger partial charge in [0.1, 0.15) is 0 Å². The van der Waals surface area contributed by atoms with Gasteiger partial charge in [-0.1, -0.05) is 19.9 Å². The predicted octanol–water partition coefficient (Wildman–Crippen LogP) is 2.34. The molecule has 0 heterocycles. The number of rotatable bonds is 9. The van der Waals surface area contributed by atoms with Gasteiger partial charge >= 0.3 is 5.97 Å². The third-order valence-electron chi connectivity index (χ3n) is 3.82. The van der Waals surface area contributed by atoms with Crippen LogP contribution in [0.4, 0.5) is 0 Å². The van der Waals surface area contributed by atoms with Crippen molar-refractivity contribution in [1.82, 2.24) is 5.32 Å². The van der Waals surface area contributed by atoms with E-state index in [1.54, 1.807) is 20.3 Å². The van der Waals surface area contributed by atoms with Gasteiger partial charge in [0.15, 0.2) is 18.1 Å². The average Bonchev–Trinajstić information content (AvgIpc) is 2.57. The van der Waals surface area contributed by atoms with E-state index in [9.17, 15) is 9.59 Å². The first-order valence-electron chi connectivity index (χ1n) is 8.03. The third kappa shape index (κ3) is 6.48. The highest BCUT2D eigenvalue weighted by Gasteiger charge is 2.13. The molecule has 0 spiro atoms. The number of esters is 1. The number of hydrogen-bond acceptors (Lipinski definition) is 5. The van der Waals surface area contributed by atoms with Crippen LogP contribution < -0.4 is 14.8 Å². The highest BCUT2D eigenvalue weighted by atomic mass is 16.5. The van der Waals surface area contributed by atoms with Crippen LogP contribution in [0.2, 0.25) is 0 Å². The lowest BCUT2D eigenvalue weighted by atomic mass is 10.1. The number of ether oxygens (including phenoxy) is 3. The fraction of sp³-hybridized carbons (Fsp3) is 0.556. The van der Waals surface area contributed by atoms with E-state index in [0.717, 1.165) is 5.56 Å². The standard InChI is InChI=1S/C18H27NO5/c1-12(2)13(3)19-17(20)11-24-18(21)9-7-14-6-8-15(22-4)16(10-14)23-5/h6,8,10,12-13H,7,9,11H2,1-5H3,(H,19,20)/t13-/m0/s1. The van der Waals surface area contributed by atoms with Crippen molar-refractivity contribution in [2.75, 3.05) is 20.8 Å². The minimum atomic E-state index is -0.405. The van der Waals surface area contributed by atoms with Gasteiger partial charge in [0.25, 0.3) is 5.91 Å². The van der Waals surface area contributed by atoms with Gasteiger partial charge < -0.3 is 19.5 Å². The molecule has 1 atom stereocenters. The predicted molar refractivity (Wildman–Crippen MR) is 91.3 cm³/mol. The summed E-state index contributed by atoms with van der Waals surface area (Å²) in [5.41, 5.74) is 0.933. The van der Waals surface area contributed by atoms with Crippen molar-refractivity contribution in [3.63, 3.8) is 0 Å². The van der Waals surface area contributed by atoms with Crippen molar-refractivity contribution in [1.29, 1.82) is 0 Å². The summed E-state index contributed by atoms with van der Waals surface area (Å²) in [5, 5.41) is 2.79. The number of hydrogen-bond donors (Lipinski definition) is 1. The van der Waals surface area contributed by atoms with Crippen LogP contribution in [-0.4, -0.2) is 38.7 Å². The molecule has 0 radical (unpaired) electrons. The smallest absolute Gasteiger partial charge is 0.306 e. The minimum absolute atomic E-state index is 0.0444. The molecule has 0 fully saturated rings. The summed E-state index contributed by atoms with van der Waals surface area (Å²) in [6.07, 6.45) is 0.700. The lowest BCUT2D eigenvalue weighted by Gasteiger charge is -2.17. The first-order chi connectivity index (χ1) is 11.4. The Bertz CT molecular complexity index is 556. The second kappa shape index (κ2) is 9.80. The minimum Gasteiger partial charge on any atom is -0.493 e. The molecular weight excluding hydrogens is 310 g/mol. The number of benzene rings is 1. The molecule has 0 aliphatic rings. The van der Waals surface area contributed by atoms with Crippen LogP contribution in [-0.2, 0) is 20.7 Å². The summed E-state index contributed by atoms with van der Waals surface area (Å²) in [4.78, 5) is 23.4. The molecule has 6 nitrogen and oxygen atoms in total. The molecule has 1 rings (SSSR count). The van der Waals surface area contributed by atoms with Gasteiger partial charge in [-0.2, -0.15) is 0 Å². The van der Waals surface area contributed by atoms with Crippen molar-refractivity contribution in [2.45, 2.75) is 39.7 Å². The number of aryl methyl sites for hydroxylation is 1. The zero-order chi connectivity index (χ0) is 18.1. The van der Waals surface area contributed by atoms with Crippen molar-refractivity contribution in [3.05, 3.63) is 23.8 Å². The first kappa shape index (κ1) is 19.8. The van der Waals surface area contributed by atoms with E-state index in [4.69, 9.17) is 14.2 Å². The average molecular weight is 337 g/mol. The number of methoxy groups -OCH3 is 2. The van der Waals surface area contributed by atoms with E-state index in [0.29, 0.717) is 23.8 Å². The number of carbonyl (C=O) groups is 2. The van der Waals surface area contributed by atoms with Crippen LogP contribution in [0.25, 0.3) is 0 Å². The zero-order valence-corrected chi connectivity index (χ0v) is 15.0. The van der Waals surface area contributed by atoms with Crippen LogP contribution in [0.1, 0.15) is 32.8 Å². The Hall–Kier alpha value is -2.24. The van der Waals surface area contributed by atoms with Crippen LogP contribution in [0.3, 0.4) is 0 Å². The summed E-state index contributed by atoms with van der Waals surface area (Å²) in [6.45, 7) is 5.70. The molecule has 0 unspecified atom stereocenters. The summed E-state index contributed by atoms with van der Waals surface area (Å²) in [5.74, 6) is 0.896. The molecule has 6 heteroatoms. The molecule has 0 saturated carbocycles. The molecule has 0 bridgehead atoms. The Balaban J connectivity index is 2.40. The van der Waals surface area contributed by atoms with Gasteiger partial charge in [-0.25, -0.2) is 0 Å². The second-order valence-corrected chi connectivity index (χ2v) is 5.95. The topological polar surface area (TPSA) is 73.9 Å². The summed E-state index contributed by atoms with van der Waals surface area (Å²) < 4.78 is 15.4. The lowest BCUT2D eigenvalue weighted by molar-refractivity contribution is -0.148. The van der Waals surface area contributed by atoms with Gasteiger partial charge in [0, 0.05) is 12.5 Å². The van der Waals surface area contributed by atoms with E-state index >= 15 is 0 Å². The molecule has 1 amide bonds. The van der Waals surface area contributed by atoms with E-state index in [1.165, 1.54) is 0 Å². The van der Waals surface area contributed by atoms with E-state index in [1.807, 2.05) is 32.9 Å². The first-order valence-corrected chi connectivity index (χ1v) is 8.03. The zero-order valence-electron chi connectivity index (χ0n) is 15.0. The molecule has 0 aliphatic carbocycles. The molecule has 0 aliphatic heterocycles. The van der Waals surface area contributed by atoms with E-state index in [-0.39, 0.29) is 25.0 Å². The Morgan fingerprint density at radius 3 is 2.33 bits per heavy atom. The third-order valence-corrected chi connectivity index (χ3v) is 3.82. The molecule has 24 heavy (non-hydrogen) atoms. The van der Waals surface area contributed by atoms with Crippen LogP contribution in [0, 0.1) is 5.92 Å². The number of nitrogens with one attached hydrogen (secondary N) is 1. The molecule has 134 valence electrons. The Morgan fingerprint density at radius 2 is 1.75 bits per heavy atom. The van der Waals surface area contributed by atoms with Crippen molar-refractivity contribution in [2.24, 2.45) is 5.92 Å². The molecule has 1 aromatic rings. The Kier molecular flexibility index (Phi) is 8.09. The van der Waals surface area contributed by atoms with Crippen LogP contribution >= 0.6 is 0 Å². The van der Waals surface area contributed by atoms with E-state index < -0.39 is 5.97 Å². The highest BCUT2D eigenvalue weighted by Crippen LogP contribution is 2.27. The van der Waals surface area contributed by atoms with Gasteiger partial charge in [-0.05, 0) is 37.0 Å². The SMILES string of the molecule is COc1ccc(CCC(=O)OCC(=O)N[C@@H](C)C(C)C)cc1OC. The summed E-state index contributed by atoms with van der Waals surface area (Å²) in [6, 6.07) is 5.53. The Labute approximate surface area is 143 Å². The lowest BCUT2D eigenvalue weighted by Crippen LogP contribution is -2.38. The summed E-state index contributed by atoms with van der Waals surface area (Å²) >= 11 is 0. The van der Waals surface area contributed by atoms with Gasteiger partial charge in [-0.15, -0.1) is 0 Å². The van der Waals surface area contributed by atoms with Gasteiger partial charge in [-0.3, -0.25) is 9.59 Å². The molecule has 0 aromatic heterocycles. The van der Waals surface area contributed by atoms with E-state index in [2.05, 4.69) is 5.32 Å². The van der Waals surface area contributed by atoms with Gasteiger partial charge in [0.2, 0.25) is 0 Å². The number of carbonyl (C=O) groups excluding carboxylic acids is 2. The van der Waals surface area contributed by atoms with Crippen LogP contribution in [0.5, 0.6) is 11.5 Å². The Morgan fingerprint density at radius 1 is 1.08 bits per heavy atom. The van der Waals surface area contributed by atoms with Crippen molar-refractivity contribution >= 4 is 11.9 Å². The fourth-order valence-electron chi connectivity index (χ4n) is 1.96. The highest BCUT2D eigenvalue weighted by molar-refractivity contribution is 5.80. The molecule has 1 aromatic carbocycles. The fourth-order valence-corrected chi connectivity index (χ4v) is 1.96. The molecule has 1 N–H and O–H groups in total. The number of amides is 1. The maximum Gasteiger partial charge on any atom is 0.306 e.